The highest BCUT2D eigenvalue weighted by molar-refractivity contribution is 7.90. The quantitative estimate of drug-likeness (QED) is 0.631. The van der Waals surface area contributed by atoms with Crippen molar-refractivity contribution in [2.24, 2.45) is 0 Å². The van der Waals surface area contributed by atoms with Gasteiger partial charge in [-0.3, -0.25) is 4.79 Å². The molecule has 0 atom stereocenters. The summed E-state index contributed by atoms with van der Waals surface area (Å²) >= 11 is 0. The molecule has 152 valence electrons. The summed E-state index contributed by atoms with van der Waals surface area (Å²) in [6.45, 7) is 4.26. The Morgan fingerprint density at radius 2 is 1.86 bits per heavy atom. The van der Waals surface area contributed by atoms with Crippen LogP contribution in [0.25, 0.3) is 11.4 Å². The molecule has 0 saturated carbocycles. The van der Waals surface area contributed by atoms with Crippen LogP contribution in [-0.4, -0.2) is 30.7 Å². The first kappa shape index (κ1) is 20.7. The number of carbonyl (C=O) groups is 1. The maximum absolute atomic E-state index is 12.2. The summed E-state index contributed by atoms with van der Waals surface area (Å²) in [7, 11) is -3.33. The molecule has 29 heavy (non-hydrogen) atoms. The van der Waals surface area contributed by atoms with Crippen LogP contribution in [0.2, 0.25) is 0 Å². The van der Waals surface area contributed by atoms with E-state index in [4.69, 9.17) is 4.52 Å². The normalized spacial score (nSPS) is 11.6. The molecular weight excluding hydrogens is 390 g/mol. The van der Waals surface area contributed by atoms with Crippen molar-refractivity contribution in [2.75, 3.05) is 11.6 Å². The predicted octanol–water partition coefficient (Wildman–Crippen LogP) is 3.83. The van der Waals surface area contributed by atoms with Gasteiger partial charge in [0.25, 0.3) is 0 Å². The Balaban J connectivity index is 1.59. The van der Waals surface area contributed by atoms with E-state index < -0.39 is 9.84 Å². The molecule has 0 aliphatic carbocycles. The van der Waals surface area contributed by atoms with E-state index >= 15 is 0 Å². The Hall–Kier alpha value is -3.00. The maximum Gasteiger partial charge on any atom is 0.227 e. The second-order valence-electron chi connectivity index (χ2n) is 7.14. The second kappa shape index (κ2) is 8.57. The molecule has 1 amide bonds. The molecule has 0 saturated heterocycles. The van der Waals surface area contributed by atoms with Crippen LogP contribution in [0, 0.1) is 0 Å². The zero-order valence-corrected chi connectivity index (χ0v) is 17.4. The van der Waals surface area contributed by atoms with E-state index in [0.29, 0.717) is 23.3 Å². The van der Waals surface area contributed by atoms with Crippen molar-refractivity contribution in [3.8, 4) is 11.4 Å². The number of hydrogen-bond acceptors (Lipinski definition) is 6. The molecule has 0 radical (unpaired) electrons. The van der Waals surface area contributed by atoms with Gasteiger partial charge in [-0.1, -0.05) is 49.3 Å². The summed E-state index contributed by atoms with van der Waals surface area (Å²) in [5.41, 5.74) is 2.51. The molecule has 0 aliphatic rings. The fourth-order valence-corrected chi connectivity index (χ4v) is 3.41. The van der Waals surface area contributed by atoms with Gasteiger partial charge in [0.1, 0.15) is 0 Å². The van der Waals surface area contributed by atoms with Gasteiger partial charge in [-0.15, -0.1) is 0 Å². The van der Waals surface area contributed by atoms with Crippen molar-refractivity contribution in [3.05, 3.63) is 60.0 Å². The summed E-state index contributed by atoms with van der Waals surface area (Å²) in [4.78, 5) is 16.7. The number of benzene rings is 2. The SMILES string of the molecule is CC(C)c1ccc(-c2noc(CCC(=O)Nc3cccc(S(C)(=O)=O)c3)n2)cc1. The lowest BCUT2D eigenvalue weighted by atomic mass is 10.0. The summed E-state index contributed by atoms with van der Waals surface area (Å²) in [6.07, 6.45) is 1.54. The van der Waals surface area contributed by atoms with E-state index in [-0.39, 0.29) is 23.6 Å². The molecule has 2 aromatic carbocycles. The van der Waals surface area contributed by atoms with E-state index in [9.17, 15) is 13.2 Å². The van der Waals surface area contributed by atoms with Crippen molar-refractivity contribution in [1.82, 2.24) is 10.1 Å². The van der Waals surface area contributed by atoms with Crippen molar-refractivity contribution >= 4 is 21.4 Å². The standard InChI is InChI=1S/C21H23N3O4S/c1-14(2)15-7-9-16(10-8-15)21-23-20(28-24-21)12-11-19(25)22-17-5-4-6-18(13-17)29(3,26)27/h4-10,13-14H,11-12H2,1-3H3,(H,22,25). The molecule has 3 rings (SSSR count). The van der Waals surface area contributed by atoms with E-state index in [1.165, 1.54) is 17.7 Å². The van der Waals surface area contributed by atoms with Crippen LogP contribution in [0.15, 0.2) is 57.9 Å². The average molecular weight is 413 g/mol. The van der Waals surface area contributed by atoms with Crippen molar-refractivity contribution in [2.45, 2.75) is 37.5 Å². The number of sulfone groups is 1. The Morgan fingerprint density at radius 1 is 1.14 bits per heavy atom. The second-order valence-corrected chi connectivity index (χ2v) is 9.15. The largest absolute Gasteiger partial charge is 0.339 e. The van der Waals surface area contributed by atoms with Gasteiger partial charge in [0.2, 0.25) is 17.6 Å². The van der Waals surface area contributed by atoms with E-state index in [1.807, 2.05) is 24.3 Å². The van der Waals surface area contributed by atoms with Crippen LogP contribution < -0.4 is 5.32 Å². The highest BCUT2D eigenvalue weighted by atomic mass is 32.2. The van der Waals surface area contributed by atoms with E-state index in [0.717, 1.165) is 11.8 Å². The number of carbonyl (C=O) groups excluding carboxylic acids is 1. The van der Waals surface area contributed by atoms with Gasteiger partial charge in [0.05, 0.1) is 4.90 Å². The number of anilines is 1. The van der Waals surface area contributed by atoms with Gasteiger partial charge < -0.3 is 9.84 Å². The zero-order valence-electron chi connectivity index (χ0n) is 16.5. The third-order valence-corrected chi connectivity index (χ3v) is 5.53. The van der Waals surface area contributed by atoms with Crippen LogP contribution in [0.3, 0.4) is 0 Å². The first-order valence-electron chi connectivity index (χ1n) is 9.25. The van der Waals surface area contributed by atoms with Crippen molar-refractivity contribution < 1.29 is 17.7 Å². The predicted molar refractivity (Wildman–Crippen MR) is 110 cm³/mol. The van der Waals surface area contributed by atoms with Gasteiger partial charge in [0.15, 0.2) is 9.84 Å². The Bertz CT molecular complexity index is 1100. The fraction of sp³-hybridized carbons (Fsp3) is 0.286. The minimum absolute atomic E-state index is 0.136. The molecule has 0 spiro atoms. The average Bonchev–Trinajstić information content (AvgIpc) is 3.15. The third kappa shape index (κ3) is 5.51. The van der Waals surface area contributed by atoms with Gasteiger partial charge in [-0.05, 0) is 29.7 Å². The molecule has 0 fully saturated rings. The minimum atomic E-state index is -3.33. The summed E-state index contributed by atoms with van der Waals surface area (Å²) < 4.78 is 28.5. The number of aryl methyl sites for hydroxylation is 1. The van der Waals surface area contributed by atoms with Crippen LogP contribution in [-0.2, 0) is 21.1 Å². The molecule has 1 heterocycles. The molecule has 1 aromatic heterocycles. The van der Waals surface area contributed by atoms with E-state index in [2.05, 4.69) is 29.3 Å². The number of amides is 1. The highest BCUT2D eigenvalue weighted by Gasteiger charge is 2.13. The summed E-state index contributed by atoms with van der Waals surface area (Å²) in [5, 5.41) is 6.66. The van der Waals surface area contributed by atoms with Crippen LogP contribution >= 0.6 is 0 Å². The minimum Gasteiger partial charge on any atom is -0.339 e. The number of rotatable bonds is 7. The Morgan fingerprint density at radius 3 is 2.52 bits per heavy atom. The zero-order chi connectivity index (χ0) is 21.0. The first-order valence-corrected chi connectivity index (χ1v) is 11.1. The highest BCUT2D eigenvalue weighted by Crippen LogP contribution is 2.21. The van der Waals surface area contributed by atoms with Crippen molar-refractivity contribution in [3.63, 3.8) is 0 Å². The molecule has 0 bridgehead atoms. The topological polar surface area (TPSA) is 102 Å². The number of nitrogens with zero attached hydrogens (tertiary/aromatic N) is 2. The third-order valence-electron chi connectivity index (χ3n) is 4.42. The molecule has 8 heteroatoms. The smallest absolute Gasteiger partial charge is 0.227 e. The molecule has 0 aliphatic heterocycles. The fourth-order valence-electron chi connectivity index (χ4n) is 2.74. The molecule has 1 N–H and O–H groups in total. The summed E-state index contributed by atoms with van der Waals surface area (Å²) in [6, 6.07) is 14.1. The lowest BCUT2D eigenvalue weighted by molar-refractivity contribution is -0.116. The number of hydrogen-bond donors (Lipinski definition) is 1. The maximum atomic E-state index is 12.2. The number of aromatic nitrogens is 2. The molecule has 7 nitrogen and oxygen atoms in total. The van der Waals surface area contributed by atoms with Crippen molar-refractivity contribution in [1.29, 1.82) is 0 Å². The molecule has 0 unspecified atom stereocenters. The van der Waals surface area contributed by atoms with E-state index in [1.54, 1.807) is 12.1 Å². The molecule has 3 aromatic rings. The lowest BCUT2D eigenvalue weighted by Crippen LogP contribution is -2.12. The monoisotopic (exact) mass is 413 g/mol. The van der Waals surface area contributed by atoms with Crippen LogP contribution in [0.1, 0.15) is 37.6 Å². The van der Waals surface area contributed by atoms with Gasteiger partial charge in [-0.2, -0.15) is 4.98 Å². The van der Waals surface area contributed by atoms with Gasteiger partial charge in [0, 0.05) is 30.3 Å². The Kier molecular flexibility index (Phi) is 6.12. The first-order chi connectivity index (χ1) is 13.7. The Labute approximate surface area is 170 Å². The molecular formula is C21H23N3O4S. The summed E-state index contributed by atoms with van der Waals surface area (Å²) in [5.74, 6) is 1.03. The number of nitrogens with one attached hydrogen (secondary N) is 1. The van der Waals surface area contributed by atoms with Crippen LogP contribution in [0.5, 0.6) is 0 Å². The van der Waals surface area contributed by atoms with Crippen LogP contribution in [0.4, 0.5) is 5.69 Å². The lowest BCUT2D eigenvalue weighted by Gasteiger charge is -2.06. The van der Waals surface area contributed by atoms with Gasteiger partial charge in [-0.25, -0.2) is 8.42 Å². The van der Waals surface area contributed by atoms with Gasteiger partial charge >= 0.3 is 0 Å².